The molecule has 0 aliphatic rings. The molecule has 2 N–H and O–H groups in total. The molecule has 1 heterocycles. The lowest BCUT2D eigenvalue weighted by Crippen LogP contribution is -2.31. The Balaban J connectivity index is 2.55. The molecule has 0 aliphatic carbocycles. The molecule has 0 atom stereocenters. The van der Waals surface area contributed by atoms with Crippen molar-refractivity contribution >= 4 is 17.7 Å². The van der Waals surface area contributed by atoms with E-state index in [1.807, 2.05) is 25.5 Å². The molecule has 0 bridgehead atoms. The molecule has 0 saturated heterocycles. The molecule has 0 saturated carbocycles. The molecule has 0 spiro atoms. The van der Waals surface area contributed by atoms with E-state index in [0.29, 0.717) is 12.3 Å². The number of amides is 1. The van der Waals surface area contributed by atoms with Crippen LogP contribution in [-0.4, -0.2) is 44.4 Å². The summed E-state index contributed by atoms with van der Waals surface area (Å²) in [6.07, 6.45) is 0. The normalized spacial score (nSPS) is 10.6. The lowest BCUT2D eigenvalue weighted by atomic mass is 10.5. The monoisotopic (exact) mass is 257 g/mol. The second kappa shape index (κ2) is 6.61. The average Bonchev–Trinajstić information content (AvgIpc) is 2.69. The van der Waals surface area contributed by atoms with E-state index < -0.39 is 0 Å². The van der Waals surface area contributed by atoms with E-state index in [1.165, 1.54) is 11.8 Å². The minimum absolute atomic E-state index is 0.122. The van der Waals surface area contributed by atoms with Crippen LogP contribution in [0.25, 0.3) is 0 Å². The van der Waals surface area contributed by atoms with Gasteiger partial charge in [-0.25, -0.2) is 0 Å². The van der Waals surface area contributed by atoms with Gasteiger partial charge in [-0.15, -0.1) is 10.2 Å². The first-order chi connectivity index (χ1) is 8.13. The standard InChI is InChI=1S/C10H19N5OS/c1-4-15(5-2)9(16)7-17-10-13-12-8(6-11)14(10)3/h4-7,11H2,1-3H3. The van der Waals surface area contributed by atoms with Crippen molar-refractivity contribution in [3.63, 3.8) is 0 Å². The van der Waals surface area contributed by atoms with Crippen molar-refractivity contribution in [1.82, 2.24) is 19.7 Å². The minimum atomic E-state index is 0.122. The van der Waals surface area contributed by atoms with E-state index in [9.17, 15) is 4.79 Å². The highest BCUT2D eigenvalue weighted by Gasteiger charge is 2.13. The fraction of sp³-hybridized carbons (Fsp3) is 0.700. The number of hydrogen-bond donors (Lipinski definition) is 1. The summed E-state index contributed by atoms with van der Waals surface area (Å²) in [5.74, 6) is 1.23. The van der Waals surface area contributed by atoms with Gasteiger partial charge in [0.15, 0.2) is 5.16 Å². The number of nitrogens with two attached hydrogens (primary N) is 1. The van der Waals surface area contributed by atoms with Gasteiger partial charge in [0.25, 0.3) is 0 Å². The van der Waals surface area contributed by atoms with Crippen molar-refractivity contribution in [3.8, 4) is 0 Å². The number of rotatable bonds is 6. The van der Waals surface area contributed by atoms with Crippen molar-refractivity contribution in [3.05, 3.63) is 5.82 Å². The van der Waals surface area contributed by atoms with Crippen LogP contribution in [-0.2, 0) is 18.4 Å². The summed E-state index contributed by atoms with van der Waals surface area (Å²) < 4.78 is 1.82. The Morgan fingerprint density at radius 2 is 2.06 bits per heavy atom. The molecule has 7 heteroatoms. The van der Waals surface area contributed by atoms with E-state index in [0.717, 1.165) is 24.1 Å². The van der Waals surface area contributed by atoms with Crippen molar-refractivity contribution in [2.75, 3.05) is 18.8 Å². The molecule has 0 fully saturated rings. The Labute approximate surface area is 106 Å². The van der Waals surface area contributed by atoms with Gasteiger partial charge in [-0.05, 0) is 13.8 Å². The lowest BCUT2D eigenvalue weighted by Gasteiger charge is -2.17. The highest BCUT2D eigenvalue weighted by molar-refractivity contribution is 7.99. The van der Waals surface area contributed by atoms with E-state index in [4.69, 9.17) is 5.73 Å². The molecule has 1 rings (SSSR count). The SMILES string of the molecule is CCN(CC)C(=O)CSc1nnc(CN)n1C. The van der Waals surface area contributed by atoms with Crippen LogP contribution in [0.4, 0.5) is 0 Å². The minimum Gasteiger partial charge on any atom is -0.343 e. The maximum Gasteiger partial charge on any atom is 0.233 e. The molecule has 0 radical (unpaired) electrons. The third kappa shape index (κ3) is 3.44. The molecule has 96 valence electrons. The Bertz CT molecular complexity index is 375. The summed E-state index contributed by atoms with van der Waals surface area (Å²) >= 11 is 1.39. The number of carbonyl (C=O) groups is 1. The van der Waals surface area contributed by atoms with Crippen molar-refractivity contribution in [2.24, 2.45) is 12.8 Å². The van der Waals surface area contributed by atoms with Gasteiger partial charge < -0.3 is 15.2 Å². The smallest absolute Gasteiger partial charge is 0.233 e. The summed E-state index contributed by atoms with van der Waals surface area (Å²) in [6.45, 7) is 5.78. The summed E-state index contributed by atoms with van der Waals surface area (Å²) in [4.78, 5) is 13.6. The van der Waals surface area contributed by atoms with Crippen molar-refractivity contribution in [2.45, 2.75) is 25.5 Å². The first-order valence-corrected chi connectivity index (χ1v) is 6.61. The number of thioether (sulfide) groups is 1. The van der Waals surface area contributed by atoms with Crippen LogP contribution in [0.3, 0.4) is 0 Å². The second-order valence-corrected chi connectivity index (χ2v) is 4.46. The van der Waals surface area contributed by atoms with Gasteiger partial charge in [0.2, 0.25) is 5.91 Å². The quantitative estimate of drug-likeness (QED) is 0.738. The zero-order valence-corrected chi connectivity index (χ0v) is 11.3. The van der Waals surface area contributed by atoms with E-state index in [1.54, 1.807) is 4.90 Å². The van der Waals surface area contributed by atoms with Crippen LogP contribution < -0.4 is 5.73 Å². The molecule has 6 nitrogen and oxygen atoms in total. The number of hydrogen-bond acceptors (Lipinski definition) is 5. The molecule has 0 aliphatic heterocycles. The van der Waals surface area contributed by atoms with Crippen LogP contribution in [0.5, 0.6) is 0 Å². The molecule has 1 aromatic heterocycles. The summed E-state index contributed by atoms with van der Waals surface area (Å²) in [7, 11) is 1.85. The molecule has 1 aromatic rings. The Morgan fingerprint density at radius 3 is 2.53 bits per heavy atom. The second-order valence-electron chi connectivity index (χ2n) is 3.52. The van der Waals surface area contributed by atoms with Gasteiger partial charge in [0, 0.05) is 20.1 Å². The molecule has 0 unspecified atom stereocenters. The zero-order valence-electron chi connectivity index (χ0n) is 10.5. The third-order valence-corrected chi connectivity index (χ3v) is 3.55. The summed E-state index contributed by atoms with van der Waals surface area (Å²) in [5, 5.41) is 8.66. The van der Waals surface area contributed by atoms with Gasteiger partial charge in [-0.3, -0.25) is 4.79 Å². The molecule has 1 amide bonds. The van der Waals surface area contributed by atoms with Crippen LogP contribution in [0.15, 0.2) is 5.16 Å². The van der Waals surface area contributed by atoms with Crippen molar-refractivity contribution < 1.29 is 4.79 Å². The maximum atomic E-state index is 11.8. The first kappa shape index (κ1) is 14.0. The zero-order chi connectivity index (χ0) is 12.8. The molecule has 17 heavy (non-hydrogen) atoms. The summed E-state index contributed by atoms with van der Waals surface area (Å²) in [6, 6.07) is 0. The van der Waals surface area contributed by atoms with Gasteiger partial charge >= 0.3 is 0 Å². The maximum absolute atomic E-state index is 11.8. The van der Waals surface area contributed by atoms with Crippen LogP contribution in [0, 0.1) is 0 Å². The fourth-order valence-electron chi connectivity index (χ4n) is 1.44. The summed E-state index contributed by atoms with van der Waals surface area (Å²) in [5.41, 5.74) is 5.50. The number of nitrogens with zero attached hydrogens (tertiary/aromatic N) is 4. The third-order valence-electron chi connectivity index (χ3n) is 2.55. The van der Waals surface area contributed by atoms with Gasteiger partial charge in [-0.1, -0.05) is 11.8 Å². The van der Waals surface area contributed by atoms with E-state index >= 15 is 0 Å². The Morgan fingerprint density at radius 1 is 1.41 bits per heavy atom. The highest BCUT2D eigenvalue weighted by atomic mass is 32.2. The molecular formula is C10H19N5OS. The number of carbonyl (C=O) groups excluding carboxylic acids is 1. The molecular weight excluding hydrogens is 238 g/mol. The first-order valence-electron chi connectivity index (χ1n) is 5.62. The predicted molar refractivity (Wildman–Crippen MR) is 67.5 cm³/mol. The van der Waals surface area contributed by atoms with Crippen LogP contribution >= 0.6 is 11.8 Å². The number of aromatic nitrogens is 3. The van der Waals surface area contributed by atoms with E-state index in [2.05, 4.69) is 10.2 Å². The van der Waals surface area contributed by atoms with E-state index in [-0.39, 0.29) is 5.91 Å². The predicted octanol–water partition coefficient (Wildman–Crippen LogP) is 0.234. The topological polar surface area (TPSA) is 77.0 Å². The van der Waals surface area contributed by atoms with Gasteiger partial charge in [0.1, 0.15) is 5.82 Å². The highest BCUT2D eigenvalue weighted by Crippen LogP contribution is 2.15. The van der Waals surface area contributed by atoms with Crippen LogP contribution in [0.1, 0.15) is 19.7 Å². The average molecular weight is 257 g/mol. The largest absolute Gasteiger partial charge is 0.343 e. The van der Waals surface area contributed by atoms with Gasteiger partial charge in [-0.2, -0.15) is 0 Å². The van der Waals surface area contributed by atoms with Crippen LogP contribution in [0.2, 0.25) is 0 Å². The van der Waals surface area contributed by atoms with Gasteiger partial charge in [0.05, 0.1) is 12.3 Å². The van der Waals surface area contributed by atoms with Crippen molar-refractivity contribution in [1.29, 1.82) is 0 Å². The fourth-order valence-corrected chi connectivity index (χ4v) is 2.28. The Kier molecular flexibility index (Phi) is 5.43. The lowest BCUT2D eigenvalue weighted by molar-refractivity contribution is -0.127. The Hall–Kier alpha value is -1.08. The molecule has 0 aromatic carbocycles.